The van der Waals surface area contributed by atoms with Crippen molar-refractivity contribution in [2.75, 3.05) is 7.05 Å². The van der Waals surface area contributed by atoms with Crippen LogP contribution in [0.5, 0.6) is 0 Å². The fourth-order valence-electron chi connectivity index (χ4n) is 3.17. The summed E-state index contributed by atoms with van der Waals surface area (Å²) in [4.78, 5) is 18.9. The molecule has 0 radical (unpaired) electrons. The molecule has 0 bridgehead atoms. The molecule has 0 unspecified atom stereocenters. The van der Waals surface area contributed by atoms with E-state index in [4.69, 9.17) is 4.52 Å². The van der Waals surface area contributed by atoms with Gasteiger partial charge >= 0.3 is 0 Å². The molecule has 3 heterocycles. The number of likely N-dealkylation sites (N-methyl/N-ethyl adjacent to an activating group) is 1. The average Bonchev–Trinajstić information content (AvgIpc) is 3.32. The SMILES string of the molecule is CNC(=O)[C@H]1Cc2ccccc2CN1Cc1nc(-c2ccsc2)no1. The summed E-state index contributed by atoms with van der Waals surface area (Å²) in [7, 11) is 1.67. The van der Waals surface area contributed by atoms with Crippen molar-refractivity contribution < 1.29 is 9.32 Å². The topological polar surface area (TPSA) is 71.3 Å². The molecule has 3 aromatic rings. The molecular formula is C18H18N4O2S. The van der Waals surface area contributed by atoms with Gasteiger partial charge in [0.05, 0.1) is 12.6 Å². The fraction of sp³-hybridized carbons (Fsp3) is 0.278. The highest BCUT2D eigenvalue weighted by molar-refractivity contribution is 7.08. The van der Waals surface area contributed by atoms with E-state index in [1.165, 1.54) is 11.1 Å². The van der Waals surface area contributed by atoms with E-state index < -0.39 is 0 Å². The number of amides is 1. The number of thiophene rings is 1. The van der Waals surface area contributed by atoms with Crippen molar-refractivity contribution in [2.45, 2.75) is 25.6 Å². The second-order valence-corrected chi connectivity index (χ2v) is 6.81. The molecule has 0 aliphatic carbocycles. The summed E-state index contributed by atoms with van der Waals surface area (Å²) in [6.07, 6.45) is 0.682. The number of rotatable bonds is 4. The number of carbonyl (C=O) groups is 1. The lowest BCUT2D eigenvalue weighted by molar-refractivity contribution is -0.126. The number of fused-ring (bicyclic) bond motifs is 1. The summed E-state index contributed by atoms with van der Waals surface area (Å²) >= 11 is 1.59. The van der Waals surface area contributed by atoms with Gasteiger partial charge in [0.1, 0.15) is 0 Å². The summed E-state index contributed by atoms with van der Waals surface area (Å²) in [6, 6.07) is 9.95. The molecule has 0 saturated carbocycles. The molecule has 1 N–H and O–H groups in total. The zero-order valence-corrected chi connectivity index (χ0v) is 14.6. The van der Waals surface area contributed by atoms with Crippen molar-refractivity contribution in [2.24, 2.45) is 0 Å². The predicted molar refractivity (Wildman–Crippen MR) is 94.9 cm³/mol. The zero-order chi connectivity index (χ0) is 17.2. The first-order valence-electron chi connectivity index (χ1n) is 8.12. The highest BCUT2D eigenvalue weighted by Gasteiger charge is 2.32. The van der Waals surface area contributed by atoms with Gasteiger partial charge in [-0.15, -0.1) is 0 Å². The van der Waals surface area contributed by atoms with Crippen molar-refractivity contribution >= 4 is 17.2 Å². The van der Waals surface area contributed by atoms with Crippen LogP contribution in [0.25, 0.3) is 11.4 Å². The highest BCUT2D eigenvalue weighted by Crippen LogP contribution is 2.26. The molecule has 1 aliphatic rings. The van der Waals surface area contributed by atoms with Crippen LogP contribution in [0.3, 0.4) is 0 Å². The highest BCUT2D eigenvalue weighted by atomic mass is 32.1. The van der Waals surface area contributed by atoms with Crippen LogP contribution in [0.2, 0.25) is 0 Å². The van der Waals surface area contributed by atoms with E-state index in [0.717, 1.165) is 5.56 Å². The van der Waals surface area contributed by atoms with Gasteiger partial charge in [0, 0.05) is 24.5 Å². The van der Waals surface area contributed by atoms with Gasteiger partial charge in [-0.05, 0) is 29.0 Å². The Balaban J connectivity index is 1.58. The lowest BCUT2D eigenvalue weighted by Gasteiger charge is -2.34. The first-order valence-corrected chi connectivity index (χ1v) is 9.06. The van der Waals surface area contributed by atoms with Crippen LogP contribution in [0.1, 0.15) is 17.0 Å². The van der Waals surface area contributed by atoms with Crippen molar-refractivity contribution in [3.8, 4) is 11.4 Å². The third kappa shape index (κ3) is 3.20. The lowest BCUT2D eigenvalue weighted by Crippen LogP contribution is -2.49. The molecular weight excluding hydrogens is 336 g/mol. The Kier molecular flexibility index (Phi) is 4.33. The number of carbonyl (C=O) groups excluding carboxylic acids is 1. The lowest BCUT2D eigenvalue weighted by atomic mass is 9.93. The van der Waals surface area contributed by atoms with E-state index in [9.17, 15) is 4.79 Å². The summed E-state index contributed by atoms with van der Waals surface area (Å²) in [5.74, 6) is 1.12. The maximum atomic E-state index is 12.4. The van der Waals surface area contributed by atoms with Gasteiger partial charge in [-0.25, -0.2) is 0 Å². The van der Waals surface area contributed by atoms with Crippen LogP contribution in [-0.4, -0.2) is 34.0 Å². The largest absolute Gasteiger partial charge is 0.358 e. The summed E-state index contributed by atoms with van der Waals surface area (Å²) in [5, 5.41) is 10.8. The molecule has 0 saturated heterocycles. The Labute approximate surface area is 149 Å². The van der Waals surface area contributed by atoms with Gasteiger partial charge in [-0.3, -0.25) is 9.69 Å². The molecule has 1 atom stereocenters. The van der Waals surface area contributed by atoms with Gasteiger partial charge in [-0.2, -0.15) is 16.3 Å². The third-order valence-corrected chi connectivity index (χ3v) is 5.16. The van der Waals surface area contributed by atoms with Crippen LogP contribution >= 0.6 is 11.3 Å². The van der Waals surface area contributed by atoms with E-state index in [1.807, 2.05) is 29.0 Å². The predicted octanol–water partition coefficient (Wildman–Crippen LogP) is 2.47. The minimum absolute atomic E-state index is 0.00655. The average molecular weight is 354 g/mol. The fourth-order valence-corrected chi connectivity index (χ4v) is 3.80. The Hall–Kier alpha value is -2.51. The Bertz CT molecular complexity index is 875. The van der Waals surface area contributed by atoms with Crippen molar-refractivity contribution in [3.63, 3.8) is 0 Å². The minimum atomic E-state index is -0.239. The molecule has 128 valence electrons. The van der Waals surface area contributed by atoms with Crippen LogP contribution in [0.15, 0.2) is 45.6 Å². The first kappa shape index (κ1) is 16.0. The van der Waals surface area contributed by atoms with Crippen LogP contribution in [-0.2, 0) is 24.3 Å². The van der Waals surface area contributed by atoms with Crippen LogP contribution < -0.4 is 5.32 Å². The number of nitrogens with zero attached hydrogens (tertiary/aromatic N) is 3. The van der Waals surface area contributed by atoms with E-state index in [-0.39, 0.29) is 11.9 Å². The number of aromatic nitrogens is 2. The van der Waals surface area contributed by atoms with Gasteiger partial charge in [0.15, 0.2) is 0 Å². The first-order chi connectivity index (χ1) is 12.2. The molecule has 25 heavy (non-hydrogen) atoms. The normalized spacial score (nSPS) is 17.2. The molecule has 1 amide bonds. The molecule has 2 aromatic heterocycles. The Morgan fingerprint density at radius 2 is 2.20 bits per heavy atom. The molecule has 4 rings (SSSR count). The molecule has 1 aliphatic heterocycles. The number of benzene rings is 1. The van der Waals surface area contributed by atoms with Crippen LogP contribution in [0.4, 0.5) is 0 Å². The number of nitrogens with one attached hydrogen (secondary N) is 1. The van der Waals surface area contributed by atoms with Gasteiger partial charge in [0.2, 0.25) is 17.6 Å². The van der Waals surface area contributed by atoms with Gasteiger partial charge < -0.3 is 9.84 Å². The Morgan fingerprint density at radius 3 is 2.96 bits per heavy atom. The summed E-state index contributed by atoms with van der Waals surface area (Å²) in [6.45, 7) is 1.13. The second kappa shape index (κ2) is 6.78. The third-order valence-electron chi connectivity index (χ3n) is 4.48. The molecule has 1 aromatic carbocycles. The number of hydrogen-bond acceptors (Lipinski definition) is 6. The molecule has 7 heteroatoms. The minimum Gasteiger partial charge on any atom is -0.358 e. The molecule has 0 spiro atoms. The van der Waals surface area contributed by atoms with Gasteiger partial charge in [-0.1, -0.05) is 29.4 Å². The van der Waals surface area contributed by atoms with Crippen LogP contribution in [0, 0.1) is 0 Å². The molecule has 6 nitrogen and oxygen atoms in total. The maximum Gasteiger partial charge on any atom is 0.241 e. The zero-order valence-electron chi connectivity index (χ0n) is 13.8. The van der Waals surface area contributed by atoms with Crippen molar-refractivity contribution in [1.82, 2.24) is 20.4 Å². The maximum absolute atomic E-state index is 12.4. The van der Waals surface area contributed by atoms with E-state index in [2.05, 4.69) is 32.5 Å². The quantitative estimate of drug-likeness (QED) is 0.779. The van der Waals surface area contributed by atoms with Crippen molar-refractivity contribution in [1.29, 1.82) is 0 Å². The summed E-state index contributed by atoms with van der Waals surface area (Å²) in [5.41, 5.74) is 3.41. The Morgan fingerprint density at radius 1 is 1.36 bits per heavy atom. The van der Waals surface area contributed by atoms with Crippen molar-refractivity contribution in [3.05, 3.63) is 58.1 Å². The van der Waals surface area contributed by atoms with E-state index in [0.29, 0.717) is 31.2 Å². The number of hydrogen-bond donors (Lipinski definition) is 1. The monoisotopic (exact) mass is 354 g/mol. The molecule has 0 fully saturated rings. The standard InChI is InChI=1S/C18H18N4O2S/c1-19-18(23)15-8-12-4-2-3-5-13(12)9-22(15)10-16-20-17(21-24-16)14-6-7-25-11-14/h2-7,11,15H,8-10H2,1H3,(H,19,23)/t15-/m1/s1. The van der Waals surface area contributed by atoms with Gasteiger partial charge in [0.25, 0.3) is 0 Å². The smallest absolute Gasteiger partial charge is 0.241 e. The summed E-state index contributed by atoms with van der Waals surface area (Å²) < 4.78 is 5.41. The van der Waals surface area contributed by atoms with E-state index >= 15 is 0 Å². The van der Waals surface area contributed by atoms with E-state index in [1.54, 1.807) is 18.4 Å². The second-order valence-electron chi connectivity index (χ2n) is 6.03.